The van der Waals surface area contributed by atoms with E-state index in [2.05, 4.69) is 40.5 Å². The van der Waals surface area contributed by atoms with Crippen LogP contribution in [0.15, 0.2) is 30.3 Å². The number of carbonyl (C=O) groups excluding carboxylic acids is 1. The van der Waals surface area contributed by atoms with Gasteiger partial charge in [-0.15, -0.1) is 0 Å². The molecule has 1 unspecified atom stereocenters. The minimum absolute atomic E-state index is 0.0342. The molecule has 5 heteroatoms. The third-order valence-corrected chi connectivity index (χ3v) is 6.30. The van der Waals surface area contributed by atoms with Crippen LogP contribution in [0.5, 0.6) is 0 Å². The summed E-state index contributed by atoms with van der Waals surface area (Å²) in [5.41, 5.74) is 1.49. The minimum atomic E-state index is 0.0342. The zero-order chi connectivity index (χ0) is 18.1. The van der Waals surface area contributed by atoms with Gasteiger partial charge in [0.15, 0.2) is 0 Å². The van der Waals surface area contributed by atoms with Crippen LogP contribution in [-0.4, -0.2) is 73.7 Å². The molecule has 2 saturated heterocycles. The minimum Gasteiger partial charge on any atom is -0.373 e. The zero-order valence-electron chi connectivity index (χ0n) is 16.0. The van der Waals surface area contributed by atoms with Crippen LogP contribution in [0.25, 0.3) is 0 Å². The fraction of sp³-hybridized carbons (Fsp3) is 0.667. The second-order valence-electron chi connectivity index (χ2n) is 8.49. The van der Waals surface area contributed by atoms with Crippen molar-refractivity contribution in [2.75, 3.05) is 40.3 Å². The molecule has 3 aliphatic rings. The second kappa shape index (κ2) is 7.29. The quantitative estimate of drug-likeness (QED) is 0.873. The van der Waals surface area contributed by atoms with Crippen LogP contribution in [0.4, 0.5) is 0 Å². The van der Waals surface area contributed by atoms with Gasteiger partial charge in [0.05, 0.1) is 18.8 Å². The molecule has 142 valence electrons. The fourth-order valence-corrected chi connectivity index (χ4v) is 4.50. The molecule has 26 heavy (non-hydrogen) atoms. The van der Waals surface area contributed by atoms with E-state index in [9.17, 15) is 4.79 Å². The van der Waals surface area contributed by atoms with Gasteiger partial charge >= 0.3 is 0 Å². The summed E-state index contributed by atoms with van der Waals surface area (Å²) in [6.45, 7) is 3.28. The molecule has 1 aromatic carbocycles. The molecule has 2 aliphatic heterocycles. The summed E-state index contributed by atoms with van der Waals surface area (Å²) in [5, 5.41) is 3.83. The molecule has 1 saturated carbocycles. The van der Waals surface area contributed by atoms with Gasteiger partial charge in [0.1, 0.15) is 0 Å². The summed E-state index contributed by atoms with van der Waals surface area (Å²) in [7, 11) is 3.65. The van der Waals surface area contributed by atoms with Crippen molar-refractivity contribution in [3.05, 3.63) is 35.9 Å². The van der Waals surface area contributed by atoms with Gasteiger partial charge in [-0.2, -0.15) is 0 Å². The number of carbonyl (C=O) groups is 1. The van der Waals surface area contributed by atoms with E-state index in [-0.39, 0.29) is 11.5 Å². The van der Waals surface area contributed by atoms with E-state index < -0.39 is 0 Å². The average Bonchev–Trinajstić information content (AvgIpc) is 3.31. The predicted octanol–water partition coefficient (Wildman–Crippen LogP) is 1.84. The number of hydrogen-bond donors (Lipinski definition) is 1. The normalized spacial score (nSPS) is 30.5. The van der Waals surface area contributed by atoms with E-state index in [1.807, 2.05) is 14.1 Å². The number of hydrogen-bond acceptors (Lipinski definition) is 4. The molecule has 1 spiro atoms. The van der Waals surface area contributed by atoms with Crippen LogP contribution in [0, 0.1) is 0 Å². The Kier molecular flexibility index (Phi) is 5.04. The Bertz CT molecular complexity index is 625. The third kappa shape index (κ3) is 3.95. The van der Waals surface area contributed by atoms with Crippen LogP contribution in [0.3, 0.4) is 0 Å². The highest BCUT2D eigenvalue weighted by atomic mass is 16.5. The second-order valence-corrected chi connectivity index (χ2v) is 8.49. The van der Waals surface area contributed by atoms with Gasteiger partial charge in [-0.1, -0.05) is 30.3 Å². The largest absolute Gasteiger partial charge is 0.373 e. The highest BCUT2D eigenvalue weighted by molar-refractivity contribution is 5.77. The van der Waals surface area contributed by atoms with Crippen molar-refractivity contribution in [3.8, 4) is 0 Å². The Hall–Kier alpha value is -1.43. The first-order valence-electron chi connectivity index (χ1n) is 9.92. The van der Waals surface area contributed by atoms with Crippen LogP contribution in [0.2, 0.25) is 0 Å². The molecular weight excluding hydrogens is 326 g/mol. The predicted molar refractivity (Wildman–Crippen MR) is 102 cm³/mol. The summed E-state index contributed by atoms with van der Waals surface area (Å²) in [6, 6.07) is 11.9. The molecule has 3 fully saturated rings. The summed E-state index contributed by atoms with van der Waals surface area (Å²) in [4.78, 5) is 15.8. The molecule has 1 aromatic rings. The van der Waals surface area contributed by atoms with E-state index in [1.54, 1.807) is 4.90 Å². The molecule has 2 heterocycles. The number of amides is 1. The number of benzene rings is 1. The first-order valence-corrected chi connectivity index (χ1v) is 9.92. The maximum Gasteiger partial charge on any atom is 0.236 e. The Labute approximate surface area is 156 Å². The summed E-state index contributed by atoms with van der Waals surface area (Å²) < 4.78 is 6.28. The van der Waals surface area contributed by atoms with Gasteiger partial charge in [0.25, 0.3) is 0 Å². The summed E-state index contributed by atoms with van der Waals surface area (Å²) in [5.74, 6) is 0.861. The first-order chi connectivity index (χ1) is 12.5. The van der Waals surface area contributed by atoms with E-state index >= 15 is 0 Å². The number of nitrogens with one attached hydrogen (secondary N) is 1. The Morgan fingerprint density at radius 2 is 2.00 bits per heavy atom. The summed E-state index contributed by atoms with van der Waals surface area (Å²) >= 11 is 0. The molecule has 1 amide bonds. The lowest BCUT2D eigenvalue weighted by Crippen LogP contribution is -2.47. The van der Waals surface area contributed by atoms with Crippen LogP contribution in [-0.2, 0) is 9.53 Å². The molecule has 1 N–H and O–H groups in total. The van der Waals surface area contributed by atoms with Gasteiger partial charge in [-0.05, 0) is 31.2 Å². The maximum absolute atomic E-state index is 11.9. The maximum atomic E-state index is 11.9. The number of ether oxygens (including phenoxy) is 1. The molecule has 5 nitrogen and oxygen atoms in total. The number of likely N-dealkylation sites (tertiary alicyclic amines) is 1. The van der Waals surface area contributed by atoms with E-state index in [4.69, 9.17) is 4.74 Å². The Morgan fingerprint density at radius 1 is 1.27 bits per heavy atom. The molecular formula is C21H31N3O2. The smallest absolute Gasteiger partial charge is 0.236 e. The molecule has 1 aliphatic carbocycles. The Balaban J connectivity index is 1.23. The Morgan fingerprint density at radius 3 is 2.69 bits per heavy atom. The zero-order valence-corrected chi connectivity index (χ0v) is 16.0. The number of likely N-dealkylation sites (N-methyl/N-ethyl adjacent to an activating group) is 1. The van der Waals surface area contributed by atoms with Crippen molar-refractivity contribution in [1.29, 1.82) is 0 Å². The van der Waals surface area contributed by atoms with Crippen molar-refractivity contribution >= 4 is 5.91 Å². The molecule has 0 bridgehead atoms. The van der Waals surface area contributed by atoms with Crippen LogP contribution >= 0.6 is 0 Å². The van der Waals surface area contributed by atoms with Crippen LogP contribution in [0.1, 0.15) is 37.2 Å². The van der Waals surface area contributed by atoms with E-state index in [0.29, 0.717) is 24.5 Å². The van der Waals surface area contributed by atoms with Crippen molar-refractivity contribution in [1.82, 2.24) is 15.1 Å². The lowest BCUT2D eigenvalue weighted by atomic mass is 9.87. The molecule has 0 radical (unpaired) electrons. The van der Waals surface area contributed by atoms with Crippen molar-refractivity contribution in [2.45, 2.75) is 49.3 Å². The number of nitrogens with zero attached hydrogens (tertiary/aromatic N) is 2. The monoisotopic (exact) mass is 357 g/mol. The number of rotatable bonds is 5. The fourth-order valence-electron chi connectivity index (χ4n) is 4.50. The van der Waals surface area contributed by atoms with Gasteiger partial charge in [-0.3, -0.25) is 9.69 Å². The lowest BCUT2D eigenvalue weighted by Gasteiger charge is -2.38. The van der Waals surface area contributed by atoms with E-state index in [1.165, 1.54) is 12.0 Å². The average molecular weight is 357 g/mol. The third-order valence-electron chi connectivity index (χ3n) is 6.30. The standard InChI is InChI=1S/C21H31N3O2/c1-23(2)20(25)14-24-10-8-21(9-11-24)13-17(15-26-21)22-19-12-18(19)16-6-4-3-5-7-16/h3-7,17-19,22H,8-15H2,1-2H3/t17?,18-,19+/m0/s1. The van der Waals surface area contributed by atoms with Crippen molar-refractivity contribution < 1.29 is 9.53 Å². The topological polar surface area (TPSA) is 44.8 Å². The van der Waals surface area contributed by atoms with Gasteiger partial charge in [-0.25, -0.2) is 0 Å². The molecule has 3 atom stereocenters. The van der Waals surface area contributed by atoms with Gasteiger partial charge < -0.3 is 15.0 Å². The SMILES string of the molecule is CN(C)C(=O)CN1CCC2(CC1)CC(N[C@@H]1C[C@H]1c1ccccc1)CO2. The first kappa shape index (κ1) is 18.0. The molecule has 4 rings (SSSR count). The van der Waals surface area contributed by atoms with Gasteiger partial charge in [0.2, 0.25) is 5.91 Å². The van der Waals surface area contributed by atoms with Gasteiger partial charge in [0, 0.05) is 45.2 Å². The highest BCUT2D eigenvalue weighted by Crippen LogP contribution is 2.43. The lowest BCUT2D eigenvalue weighted by molar-refractivity contribution is -0.131. The van der Waals surface area contributed by atoms with Crippen LogP contribution < -0.4 is 5.32 Å². The van der Waals surface area contributed by atoms with E-state index in [0.717, 1.165) is 39.0 Å². The number of piperidine rings is 1. The molecule has 0 aromatic heterocycles. The highest BCUT2D eigenvalue weighted by Gasteiger charge is 2.46. The van der Waals surface area contributed by atoms with Crippen molar-refractivity contribution in [2.24, 2.45) is 0 Å². The van der Waals surface area contributed by atoms with Crippen molar-refractivity contribution in [3.63, 3.8) is 0 Å². The summed E-state index contributed by atoms with van der Waals surface area (Å²) in [6.07, 6.45) is 4.44.